The van der Waals surface area contributed by atoms with Crippen molar-refractivity contribution in [1.29, 1.82) is 0 Å². The summed E-state index contributed by atoms with van der Waals surface area (Å²) in [5, 5.41) is 0. The molecule has 0 amide bonds. The lowest BCUT2D eigenvalue weighted by Crippen LogP contribution is -2.47. The molecule has 1 atom stereocenters. The molecular formula is C16H25NO3. The van der Waals surface area contributed by atoms with Crippen LogP contribution in [0, 0.1) is 0 Å². The van der Waals surface area contributed by atoms with Gasteiger partial charge in [0, 0.05) is 38.7 Å². The van der Waals surface area contributed by atoms with Crippen LogP contribution in [0.1, 0.15) is 38.3 Å². The minimum atomic E-state index is -0.366. The SMILES string of the molecule is COC1(C(N)c2ccccc2OC(C)C)CCOCC1. The molecule has 0 bridgehead atoms. The van der Waals surface area contributed by atoms with E-state index in [1.54, 1.807) is 7.11 Å². The number of nitrogens with two attached hydrogens (primary N) is 1. The average molecular weight is 279 g/mol. The lowest BCUT2D eigenvalue weighted by atomic mass is 9.82. The fourth-order valence-electron chi connectivity index (χ4n) is 2.74. The van der Waals surface area contributed by atoms with Crippen LogP contribution in [-0.4, -0.2) is 32.0 Å². The van der Waals surface area contributed by atoms with Crippen molar-refractivity contribution in [2.24, 2.45) is 5.73 Å². The second kappa shape index (κ2) is 6.57. The Labute approximate surface area is 121 Å². The maximum Gasteiger partial charge on any atom is 0.124 e. The summed E-state index contributed by atoms with van der Waals surface area (Å²) in [6, 6.07) is 7.74. The van der Waals surface area contributed by atoms with Gasteiger partial charge in [-0.1, -0.05) is 18.2 Å². The predicted octanol–water partition coefficient (Wildman–Crippen LogP) is 2.67. The third kappa shape index (κ3) is 3.14. The highest BCUT2D eigenvalue weighted by molar-refractivity contribution is 5.37. The summed E-state index contributed by atoms with van der Waals surface area (Å²) in [4.78, 5) is 0. The van der Waals surface area contributed by atoms with Gasteiger partial charge in [-0.2, -0.15) is 0 Å². The molecule has 0 aromatic heterocycles. The van der Waals surface area contributed by atoms with Crippen molar-refractivity contribution in [2.45, 2.75) is 44.4 Å². The molecular weight excluding hydrogens is 254 g/mol. The van der Waals surface area contributed by atoms with Gasteiger partial charge in [-0.15, -0.1) is 0 Å². The zero-order chi connectivity index (χ0) is 14.6. The van der Waals surface area contributed by atoms with E-state index in [2.05, 4.69) is 0 Å². The maximum absolute atomic E-state index is 6.53. The van der Waals surface area contributed by atoms with E-state index in [1.807, 2.05) is 38.1 Å². The maximum atomic E-state index is 6.53. The van der Waals surface area contributed by atoms with Crippen molar-refractivity contribution in [3.63, 3.8) is 0 Å². The van der Waals surface area contributed by atoms with E-state index >= 15 is 0 Å². The Morgan fingerprint density at radius 2 is 1.85 bits per heavy atom. The largest absolute Gasteiger partial charge is 0.491 e. The highest BCUT2D eigenvalue weighted by Gasteiger charge is 2.40. The molecule has 0 aliphatic carbocycles. The molecule has 1 aliphatic rings. The minimum Gasteiger partial charge on any atom is -0.491 e. The Morgan fingerprint density at radius 1 is 1.20 bits per heavy atom. The molecule has 1 fully saturated rings. The van der Waals surface area contributed by atoms with Crippen molar-refractivity contribution < 1.29 is 14.2 Å². The molecule has 1 aromatic carbocycles. The van der Waals surface area contributed by atoms with Crippen molar-refractivity contribution in [3.05, 3.63) is 29.8 Å². The second-order valence-electron chi connectivity index (χ2n) is 5.56. The molecule has 1 heterocycles. The van der Waals surface area contributed by atoms with E-state index in [9.17, 15) is 0 Å². The molecule has 4 heteroatoms. The first kappa shape index (κ1) is 15.3. The summed E-state index contributed by atoms with van der Waals surface area (Å²) in [7, 11) is 1.73. The topological polar surface area (TPSA) is 53.7 Å². The van der Waals surface area contributed by atoms with Crippen LogP contribution in [0.4, 0.5) is 0 Å². The van der Waals surface area contributed by atoms with Gasteiger partial charge in [-0.25, -0.2) is 0 Å². The molecule has 0 radical (unpaired) electrons. The predicted molar refractivity (Wildman–Crippen MR) is 78.9 cm³/mol. The molecule has 1 aromatic rings. The Morgan fingerprint density at radius 3 is 2.45 bits per heavy atom. The van der Waals surface area contributed by atoms with Gasteiger partial charge >= 0.3 is 0 Å². The summed E-state index contributed by atoms with van der Waals surface area (Å²) in [5.74, 6) is 0.845. The van der Waals surface area contributed by atoms with Crippen LogP contribution in [0.2, 0.25) is 0 Å². The van der Waals surface area contributed by atoms with Crippen LogP contribution in [0.3, 0.4) is 0 Å². The molecule has 0 saturated carbocycles. The monoisotopic (exact) mass is 279 g/mol. The first-order valence-corrected chi connectivity index (χ1v) is 7.23. The molecule has 20 heavy (non-hydrogen) atoms. The van der Waals surface area contributed by atoms with Gasteiger partial charge < -0.3 is 19.9 Å². The summed E-state index contributed by atoms with van der Waals surface area (Å²) in [6.07, 6.45) is 1.73. The smallest absolute Gasteiger partial charge is 0.124 e. The number of para-hydroxylation sites is 1. The zero-order valence-electron chi connectivity index (χ0n) is 12.6. The van der Waals surface area contributed by atoms with Gasteiger partial charge in [0.15, 0.2) is 0 Å². The normalized spacial score (nSPS) is 19.9. The van der Waals surface area contributed by atoms with Crippen LogP contribution in [0.25, 0.3) is 0 Å². The van der Waals surface area contributed by atoms with E-state index in [0.29, 0.717) is 13.2 Å². The molecule has 4 nitrogen and oxygen atoms in total. The van der Waals surface area contributed by atoms with E-state index in [1.165, 1.54) is 0 Å². The van der Waals surface area contributed by atoms with Crippen LogP contribution < -0.4 is 10.5 Å². The Kier molecular flexibility index (Phi) is 5.02. The summed E-state index contributed by atoms with van der Waals surface area (Å²) >= 11 is 0. The number of methoxy groups -OCH3 is 1. The highest BCUT2D eigenvalue weighted by Crippen LogP contribution is 2.39. The molecule has 1 unspecified atom stereocenters. The first-order chi connectivity index (χ1) is 9.59. The van der Waals surface area contributed by atoms with Gasteiger partial charge in [0.2, 0.25) is 0 Å². The molecule has 1 aliphatic heterocycles. The lowest BCUT2D eigenvalue weighted by molar-refractivity contribution is -0.105. The lowest BCUT2D eigenvalue weighted by Gasteiger charge is -2.41. The fraction of sp³-hybridized carbons (Fsp3) is 0.625. The van der Waals surface area contributed by atoms with Crippen molar-refractivity contribution in [2.75, 3.05) is 20.3 Å². The van der Waals surface area contributed by atoms with Crippen molar-refractivity contribution >= 4 is 0 Å². The van der Waals surface area contributed by atoms with Crippen molar-refractivity contribution in [3.8, 4) is 5.75 Å². The Hall–Kier alpha value is -1.10. The molecule has 2 rings (SSSR count). The van der Waals surface area contributed by atoms with Gasteiger partial charge in [0.05, 0.1) is 17.7 Å². The zero-order valence-corrected chi connectivity index (χ0v) is 12.6. The number of ether oxygens (including phenoxy) is 3. The minimum absolute atomic E-state index is 0.122. The van der Waals surface area contributed by atoms with Crippen molar-refractivity contribution in [1.82, 2.24) is 0 Å². The Balaban J connectivity index is 2.29. The van der Waals surface area contributed by atoms with Crippen LogP contribution in [0.5, 0.6) is 5.75 Å². The quantitative estimate of drug-likeness (QED) is 0.900. The molecule has 0 spiro atoms. The number of rotatable bonds is 5. The van der Waals surface area contributed by atoms with Gasteiger partial charge in [-0.05, 0) is 19.9 Å². The first-order valence-electron chi connectivity index (χ1n) is 7.23. The van der Waals surface area contributed by atoms with E-state index in [4.69, 9.17) is 19.9 Å². The van der Waals surface area contributed by atoms with Crippen LogP contribution in [0.15, 0.2) is 24.3 Å². The molecule has 1 saturated heterocycles. The van der Waals surface area contributed by atoms with E-state index in [0.717, 1.165) is 24.2 Å². The third-order valence-electron chi connectivity index (χ3n) is 3.93. The second-order valence-corrected chi connectivity index (χ2v) is 5.56. The molecule has 112 valence electrons. The van der Waals surface area contributed by atoms with Crippen LogP contribution >= 0.6 is 0 Å². The summed E-state index contributed by atoms with van der Waals surface area (Å²) in [5.41, 5.74) is 7.17. The third-order valence-corrected chi connectivity index (χ3v) is 3.93. The number of benzene rings is 1. The highest BCUT2D eigenvalue weighted by atomic mass is 16.5. The number of hydrogen-bond acceptors (Lipinski definition) is 4. The van der Waals surface area contributed by atoms with Gasteiger partial charge in [0.1, 0.15) is 5.75 Å². The molecule has 2 N–H and O–H groups in total. The number of hydrogen-bond donors (Lipinski definition) is 1. The fourth-order valence-corrected chi connectivity index (χ4v) is 2.74. The summed E-state index contributed by atoms with van der Waals surface area (Å²) in [6.45, 7) is 5.41. The summed E-state index contributed by atoms with van der Waals surface area (Å²) < 4.78 is 17.1. The van der Waals surface area contributed by atoms with E-state index in [-0.39, 0.29) is 17.7 Å². The van der Waals surface area contributed by atoms with Gasteiger partial charge in [0.25, 0.3) is 0 Å². The van der Waals surface area contributed by atoms with E-state index < -0.39 is 0 Å². The Bertz CT molecular complexity index is 427. The van der Waals surface area contributed by atoms with Crippen LogP contribution in [-0.2, 0) is 9.47 Å². The van der Waals surface area contributed by atoms with Gasteiger partial charge in [-0.3, -0.25) is 0 Å². The standard InChI is InChI=1S/C16H25NO3/c1-12(2)20-14-7-5-4-6-13(14)15(17)16(18-3)8-10-19-11-9-16/h4-7,12,15H,8-11,17H2,1-3H3. The average Bonchev–Trinajstić information content (AvgIpc) is 2.47.